The van der Waals surface area contributed by atoms with E-state index in [1.165, 1.54) is 25.9 Å². The van der Waals surface area contributed by atoms with Crippen molar-refractivity contribution < 1.29 is 5.11 Å². The molecule has 3 heteroatoms. The minimum absolute atomic E-state index is 0.337. The maximum atomic E-state index is 8.89. The minimum atomic E-state index is 0.337. The fraction of sp³-hybridized carbons (Fsp3) is 1.00. The lowest BCUT2D eigenvalue weighted by Crippen LogP contribution is -2.55. The van der Waals surface area contributed by atoms with Crippen molar-refractivity contribution in [2.75, 3.05) is 26.2 Å². The fourth-order valence-corrected chi connectivity index (χ4v) is 3.06. The van der Waals surface area contributed by atoms with Crippen LogP contribution in [0, 0.1) is 0 Å². The number of fused-ring (bicyclic) bond motifs is 2. The Morgan fingerprint density at radius 1 is 1.20 bits per heavy atom. The second kappa shape index (κ2) is 4.81. The molecule has 0 aromatic carbocycles. The number of hydrogen-bond donors (Lipinski definition) is 1. The van der Waals surface area contributed by atoms with Crippen molar-refractivity contribution in [1.82, 2.24) is 9.80 Å². The van der Waals surface area contributed by atoms with Gasteiger partial charge in [-0.1, -0.05) is 0 Å². The lowest BCUT2D eigenvalue weighted by molar-refractivity contribution is 0.0456. The van der Waals surface area contributed by atoms with Gasteiger partial charge in [0.05, 0.1) is 0 Å². The monoisotopic (exact) mass is 212 g/mol. The first kappa shape index (κ1) is 11.4. The summed E-state index contributed by atoms with van der Waals surface area (Å²) in [5, 5.41) is 8.89. The van der Waals surface area contributed by atoms with Crippen LogP contribution in [0.4, 0.5) is 0 Å². The van der Waals surface area contributed by atoms with Gasteiger partial charge in [-0.2, -0.15) is 0 Å². The lowest BCUT2D eigenvalue weighted by Gasteiger charge is -2.42. The van der Waals surface area contributed by atoms with Gasteiger partial charge in [0.1, 0.15) is 0 Å². The molecule has 2 saturated heterocycles. The zero-order valence-electron chi connectivity index (χ0n) is 10.0. The Morgan fingerprint density at radius 3 is 2.27 bits per heavy atom. The van der Waals surface area contributed by atoms with Crippen molar-refractivity contribution in [2.24, 2.45) is 0 Å². The molecule has 0 spiro atoms. The molecule has 88 valence electrons. The highest BCUT2D eigenvalue weighted by Gasteiger charge is 2.39. The van der Waals surface area contributed by atoms with E-state index in [4.69, 9.17) is 5.11 Å². The summed E-state index contributed by atoms with van der Waals surface area (Å²) in [6.07, 6.45) is 3.66. The Hall–Kier alpha value is -0.120. The van der Waals surface area contributed by atoms with Gasteiger partial charge in [-0.05, 0) is 33.1 Å². The van der Waals surface area contributed by atoms with Gasteiger partial charge >= 0.3 is 0 Å². The van der Waals surface area contributed by atoms with E-state index < -0.39 is 0 Å². The van der Waals surface area contributed by atoms with Crippen LogP contribution >= 0.6 is 0 Å². The summed E-state index contributed by atoms with van der Waals surface area (Å²) >= 11 is 0. The SMILES string of the molecule is CC(C)N1CC2CCC(C1)N2CCCO. The first-order chi connectivity index (χ1) is 7.22. The third-order valence-electron chi connectivity index (χ3n) is 3.97. The van der Waals surface area contributed by atoms with Gasteiger partial charge in [-0.3, -0.25) is 9.80 Å². The third kappa shape index (κ3) is 2.35. The maximum absolute atomic E-state index is 8.89. The van der Waals surface area contributed by atoms with Crippen molar-refractivity contribution in [3.05, 3.63) is 0 Å². The largest absolute Gasteiger partial charge is 0.396 e. The number of nitrogens with zero attached hydrogens (tertiary/aromatic N) is 2. The van der Waals surface area contributed by atoms with E-state index in [2.05, 4.69) is 23.6 Å². The lowest BCUT2D eigenvalue weighted by atomic mass is 10.1. The molecule has 2 aliphatic rings. The van der Waals surface area contributed by atoms with Crippen molar-refractivity contribution in [3.8, 4) is 0 Å². The molecule has 0 saturated carbocycles. The van der Waals surface area contributed by atoms with Gasteiger partial charge in [0, 0.05) is 44.4 Å². The molecule has 1 N–H and O–H groups in total. The molecule has 0 amide bonds. The van der Waals surface area contributed by atoms with Crippen LogP contribution in [0.25, 0.3) is 0 Å². The number of likely N-dealkylation sites (tertiary alicyclic amines) is 1. The van der Waals surface area contributed by atoms with Gasteiger partial charge in [-0.15, -0.1) is 0 Å². The standard InChI is InChI=1S/C12H24N2O/c1-10(2)13-8-11-4-5-12(9-13)14(11)6-3-7-15/h10-12,15H,3-9H2,1-2H3. The molecule has 15 heavy (non-hydrogen) atoms. The van der Waals surface area contributed by atoms with E-state index in [1.807, 2.05) is 0 Å². The summed E-state index contributed by atoms with van der Waals surface area (Å²) in [5.41, 5.74) is 0. The van der Waals surface area contributed by atoms with Crippen molar-refractivity contribution in [2.45, 2.75) is 51.2 Å². The smallest absolute Gasteiger partial charge is 0.0443 e. The van der Waals surface area contributed by atoms with Gasteiger partial charge in [0.2, 0.25) is 0 Å². The zero-order valence-corrected chi connectivity index (χ0v) is 10.0. The van der Waals surface area contributed by atoms with E-state index in [-0.39, 0.29) is 0 Å². The van der Waals surface area contributed by atoms with Crippen LogP contribution < -0.4 is 0 Å². The molecule has 2 fully saturated rings. The van der Waals surface area contributed by atoms with Crippen LogP contribution in [-0.4, -0.2) is 59.3 Å². The second-order valence-corrected chi connectivity index (χ2v) is 5.25. The maximum Gasteiger partial charge on any atom is 0.0443 e. The van der Waals surface area contributed by atoms with Crippen LogP contribution in [0.15, 0.2) is 0 Å². The quantitative estimate of drug-likeness (QED) is 0.751. The van der Waals surface area contributed by atoms with Crippen LogP contribution in [0.5, 0.6) is 0 Å². The normalized spacial score (nSPS) is 32.8. The van der Waals surface area contributed by atoms with E-state index in [9.17, 15) is 0 Å². The average Bonchev–Trinajstić information content (AvgIpc) is 2.47. The summed E-state index contributed by atoms with van der Waals surface area (Å²) in [7, 11) is 0. The molecule has 0 aliphatic carbocycles. The van der Waals surface area contributed by atoms with Crippen LogP contribution in [0.3, 0.4) is 0 Å². The molecule has 2 rings (SSSR count). The highest BCUT2D eigenvalue weighted by molar-refractivity contribution is 4.96. The van der Waals surface area contributed by atoms with Crippen LogP contribution in [0.1, 0.15) is 33.1 Å². The first-order valence-electron chi connectivity index (χ1n) is 6.33. The average molecular weight is 212 g/mol. The fourth-order valence-electron chi connectivity index (χ4n) is 3.06. The molecule has 0 aromatic heterocycles. The Labute approximate surface area is 93.1 Å². The van der Waals surface area contributed by atoms with Gasteiger partial charge in [-0.25, -0.2) is 0 Å². The zero-order chi connectivity index (χ0) is 10.8. The van der Waals surface area contributed by atoms with Crippen molar-refractivity contribution in [3.63, 3.8) is 0 Å². The van der Waals surface area contributed by atoms with Crippen LogP contribution in [0.2, 0.25) is 0 Å². The molecule has 2 heterocycles. The van der Waals surface area contributed by atoms with E-state index in [0.29, 0.717) is 12.6 Å². The summed E-state index contributed by atoms with van der Waals surface area (Å²) in [5.74, 6) is 0. The first-order valence-corrected chi connectivity index (χ1v) is 6.33. The number of hydrogen-bond acceptors (Lipinski definition) is 3. The topological polar surface area (TPSA) is 26.7 Å². The molecular weight excluding hydrogens is 188 g/mol. The molecule has 2 atom stereocenters. The predicted molar refractivity (Wildman–Crippen MR) is 61.9 cm³/mol. The minimum Gasteiger partial charge on any atom is -0.396 e. The van der Waals surface area contributed by atoms with Crippen LogP contribution in [-0.2, 0) is 0 Å². The van der Waals surface area contributed by atoms with E-state index >= 15 is 0 Å². The highest BCUT2D eigenvalue weighted by Crippen LogP contribution is 2.30. The summed E-state index contributed by atoms with van der Waals surface area (Å²) < 4.78 is 0. The number of piperazine rings is 1. The van der Waals surface area contributed by atoms with Gasteiger partial charge in [0.15, 0.2) is 0 Å². The Balaban J connectivity index is 1.91. The molecule has 2 aliphatic heterocycles. The predicted octanol–water partition coefficient (Wildman–Crippen LogP) is 0.926. The molecule has 0 aromatic rings. The van der Waals surface area contributed by atoms with Crippen molar-refractivity contribution in [1.29, 1.82) is 0 Å². The van der Waals surface area contributed by atoms with E-state index in [0.717, 1.165) is 25.0 Å². The third-order valence-corrected chi connectivity index (χ3v) is 3.97. The molecule has 2 unspecified atom stereocenters. The Bertz CT molecular complexity index is 194. The highest BCUT2D eigenvalue weighted by atomic mass is 16.3. The Morgan fingerprint density at radius 2 is 1.80 bits per heavy atom. The molecular formula is C12H24N2O. The summed E-state index contributed by atoms with van der Waals surface area (Å²) in [4.78, 5) is 5.24. The summed E-state index contributed by atoms with van der Waals surface area (Å²) in [6, 6.07) is 2.21. The Kier molecular flexibility index (Phi) is 3.65. The van der Waals surface area contributed by atoms with E-state index in [1.54, 1.807) is 0 Å². The number of aliphatic hydroxyl groups is 1. The van der Waals surface area contributed by atoms with Crippen molar-refractivity contribution >= 4 is 0 Å². The van der Waals surface area contributed by atoms with Gasteiger partial charge < -0.3 is 5.11 Å². The second-order valence-electron chi connectivity index (χ2n) is 5.25. The van der Waals surface area contributed by atoms with Gasteiger partial charge in [0.25, 0.3) is 0 Å². The summed E-state index contributed by atoms with van der Waals surface area (Å²) in [6.45, 7) is 8.49. The number of aliphatic hydroxyl groups excluding tert-OH is 1. The molecule has 2 bridgehead atoms. The molecule has 0 radical (unpaired) electrons. The number of rotatable bonds is 4. The molecule has 3 nitrogen and oxygen atoms in total.